The minimum absolute atomic E-state index is 0.0460. The Kier molecular flexibility index (Phi) is 5.32. The monoisotopic (exact) mass is 361 g/mol. The summed E-state index contributed by atoms with van der Waals surface area (Å²) in [7, 11) is 1.47. The summed E-state index contributed by atoms with van der Waals surface area (Å²) in [6.07, 6.45) is 3.39. The van der Waals surface area contributed by atoms with Crippen LogP contribution in [0.1, 0.15) is 24.4 Å². The number of ether oxygens (including phenoxy) is 1. The lowest BCUT2D eigenvalue weighted by Crippen LogP contribution is -2.43. The maximum Gasteiger partial charge on any atom is 0.347 e. The van der Waals surface area contributed by atoms with Gasteiger partial charge in [0.25, 0.3) is 0 Å². The van der Waals surface area contributed by atoms with E-state index >= 15 is 0 Å². The Morgan fingerprint density at radius 2 is 2.27 bits per heavy atom. The molecule has 1 aromatic heterocycles. The van der Waals surface area contributed by atoms with Gasteiger partial charge in [-0.1, -0.05) is 0 Å². The van der Waals surface area contributed by atoms with Crippen molar-refractivity contribution in [2.24, 2.45) is 5.92 Å². The minimum Gasteiger partial charge on any atom is -0.496 e. The molecule has 8 heteroatoms. The molecule has 1 unspecified atom stereocenters. The van der Waals surface area contributed by atoms with E-state index in [0.717, 1.165) is 0 Å². The van der Waals surface area contributed by atoms with Crippen molar-refractivity contribution in [1.29, 1.82) is 0 Å². The van der Waals surface area contributed by atoms with E-state index in [1.54, 1.807) is 6.07 Å². The number of nitrogens with zero attached hydrogens (tertiary/aromatic N) is 2. The number of hydrogen-bond donors (Lipinski definition) is 2. The topological polar surface area (TPSA) is 93.5 Å². The van der Waals surface area contributed by atoms with Crippen LogP contribution in [0.2, 0.25) is 0 Å². The number of aliphatic hydroxyl groups excluding tert-OH is 1. The van der Waals surface area contributed by atoms with Crippen LogP contribution in [0.15, 0.2) is 41.5 Å². The van der Waals surface area contributed by atoms with Crippen LogP contribution in [0.25, 0.3) is 0 Å². The third-order valence-corrected chi connectivity index (χ3v) is 4.56. The Hall–Kier alpha value is -2.74. The quantitative estimate of drug-likeness (QED) is 0.801. The van der Waals surface area contributed by atoms with Crippen molar-refractivity contribution in [1.82, 2.24) is 14.9 Å². The van der Waals surface area contributed by atoms with Crippen molar-refractivity contribution in [3.8, 4) is 5.75 Å². The van der Waals surface area contributed by atoms with Gasteiger partial charge in [0, 0.05) is 18.0 Å². The molecule has 0 spiro atoms. The van der Waals surface area contributed by atoms with E-state index < -0.39 is 29.6 Å². The Balaban J connectivity index is 1.83. The van der Waals surface area contributed by atoms with Crippen LogP contribution >= 0.6 is 0 Å². The zero-order valence-electron chi connectivity index (χ0n) is 14.3. The molecule has 2 aromatic rings. The fourth-order valence-electron chi connectivity index (χ4n) is 3.18. The second-order valence-corrected chi connectivity index (χ2v) is 6.35. The van der Waals surface area contributed by atoms with E-state index in [1.807, 2.05) is 0 Å². The predicted molar refractivity (Wildman–Crippen MR) is 91.1 cm³/mol. The zero-order valence-corrected chi connectivity index (χ0v) is 14.3. The van der Waals surface area contributed by atoms with Crippen LogP contribution in [0, 0.1) is 11.7 Å². The zero-order chi connectivity index (χ0) is 18.7. The average Bonchev–Trinajstić information content (AvgIpc) is 2.59. The molecule has 2 N–H and O–H groups in total. The predicted octanol–water partition coefficient (Wildman–Crippen LogP) is 1.02. The van der Waals surface area contributed by atoms with Gasteiger partial charge in [-0.3, -0.25) is 9.36 Å². The number of carbonyl (C=O) groups is 1. The molecule has 3 rings (SSSR count). The number of carbonyl (C=O) groups excluding carboxylic acids is 1. The van der Waals surface area contributed by atoms with Crippen molar-refractivity contribution in [3.05, 3.63) is 58.5 Å². The lowest BCUT2D eigenvalue weighted by Gasteiger charge is -2.38. The van der Waals surface area contributed by atoms with Crippen molar-refractivity contribution in [3.63, 3.8) is 0 Å². The number of halogens is 1. The van der Waals surface area contributed by atoms with E-state index in [4.69, 9.17) is 4.74 Å². The number of rotatable bonds is 6. The molecule has 1 aliphatic carbocycles. The van der Waals surface area contributed by atoms with E-state index in [1.165, 1.54) is 42.3 Å². The van der Waals surface area contributed by atoms with Gasteiger partial charge in [-0.2, -0.15) is 0 Å². The van der Waals surface area contributed by atoms with Crippen molar-refractivity contribution in [2.75, 3.05) is 7.11 Å². The van der Waals surface area contributed by atoms with E-state index in [2.05, 4.69) is 10.3 Å². The first kappa shape index (κ1) is 18.1. The summed E-state index contributed by atoms with van der Waals surface area (Å²) in [5.41, 5.74) is -0.0158. The molecule has 0 bridgehead atoms. The molecule has 138 valence electrons. The molecule has 0 saturated heterocycles. The Morgan fingerprint density at radius 1 is 1.50 bits per heavy atom. The lowest BCUT2D eigenvalue weighted by molar-refractivity contribution is -0.123. The molecule has 26 heavy (non-hydrogen) atoms. The summed E-state index contributed by atoms with van der Waals surface area (Å²) in [5, 5.41) is 12.5. The van der Waals surface area contributed by atoms with Gasteiger partial charge in [0.15, 0.2) is 0 Å². The molecule has 7 nitrogen and oxygen atoms in total. The Morgan fingerprint density at radius 3 is 2.92 bits per heavy atom. The lowest BCUT2D eigenvalue weighted by atomic mass is 9.75. The molecule has 0 aliphatic heterocycles. The van der Waals surface area contributed by atoms with Crippen LogP contribution in [-0.4, -0.2) is 33.8 Å². The van der Waals surface area contributed by atoms with E-state index in [9.17, 15) is 19.1 Å². The van der Waals surface area contributed by atoms with Crippen molar-refractivity contribution in [2.45, 2.75) is 31.5 Å². The third kappa shape index (κ3) is 3.91. The van der Waals surface area contributed by atoms with Crippen LogP contribution in [0.3, 0.4) is 0 Å². The molecule has 1 saturated carbocycles. The highest BCUT2D eigenvalue weighted by Gasteiger charge is 2.37. The maximum absolute atomic E-state index is 13.8. The van der Waals surface area contributed by atoms with Gasteiger partial charge >= 0.3 is 5.69 Å². The molecule has 0 radical (unpaired) electrons. The van der Waals surface area contributed by atoms with Gasteiger partial charge in [-0.15, -0.1) is 0 Å². The van der Waals surface area contributed by atoms with E-state index in [0.29, 0.717) is 24.2 Å². The first-order valence-electron chi connectivity index (χ1n) is 8.30. The summed E-state index contributed by atoms with van der Waals surface area (Å²) in [6, 6.07) is 5.15. The summed E-state index contributed by atoms with van der Waals surface area (Å²) >= 11 is 0. The number of methoxy groups -OCH3 is 1. The van der Waals surface area contributed by atoms with Gasteiger partial charge < -0.3 is 15.2 Å². The molecule has 1 amide bonds. The molecule has 1 fully saturated rings. The van der Waals surface area contributed by atoms with Gasteiger partial charge in [-0.25, -0.2) is 14.2 Å². The molecule has 1 atom stereocenters. The summed E-state index contributed by atoms with van der Waals surface area (Å²) < 4.78 is 20.3. The molecular weight excluding hydrogens is 341 g/mol. The van der Waals surface area contributed by atoms with Crippen LogP contribution in [-0.2, 0) is 11.3 Å². The second kappa shape index (κ2) is 7.65. The number of nitrogens with one attached hydrogen (secondary N) is 1. The van der Waals surface area contributed by atoms with Gasteiger partial charge in [0.05, 0.1) is 19.3 Å². The van der Waals surface area contributed by atoms with E-state index in [-0.39, 0.29) is 12.5 Å². The van der Waals surface area contributed by atoms with Gasteiger partial charge in [0.1, 0.15) is 18.1 Å². The van der Waals surface area contributed by atoms with Gasteiger partial charge in [-0.05, 0) is 43.0 Å². The minimum atomic E-state index is -0.526. The number of aromatic nitrogens is 2. The SMILES string of the molecule is COc1ccc(F)cc1C(NC(=O)Cn1cccnc1=O)C1CC(O)C1. The first-order chi connectivity index (χ1) is 12.5. The number of benzene rings is 1. The smallest absolute Gasteiger partial charge is 0.347 e. The highest BCUT2D eigenvalue weighted by molar-refractivity contribution is 5.76. The Labute approximate surface area is 149 Å². The number of amides is 1. The summed E-state index contributed by atoms with van der Waals surface area (Å²) in [5.74, 6) is -0.437. The Bertz CT molecular complexity index is 848. The highest BCUT2D eigenvalue weighted by atomic mass is 19.1. The highest BCUT2D eigenvalue weighted by Crippen LogP contribution is 2.41. The molecule has 1 heterocycles. The number of aliphatic hydroxyl groups is 1. The average molecular weight is 361 g/mol. The van der Waals surface area contributed by atoms with Crippen molar-refractivity contribution >= 4 is 5.91 Å². The molecule has 1 aromatic carbocycles. The van der Waals surface area contributed by atoms with Crippen LogP contribution < -0.4 is 15.7 Å². The fourth-order valence-corrected chi connectivity index (χ4v) is 3.18. The second-order valence-electron chi connectivity index (χ2n) is 6.35. The molecular formula is C18H20FN3O4. The number of hydrogen-bond acceptors (Lipinski definition) is 5. The van der Waals surface area contributed by atoms with Crippen LogP contribution in [0.4, 0.5) is 4.39 Å². The van der Waals surface area contributed by atoms with Crippen LogP contribution in [0.5, 0.6) is 5.75 Å². The normalized spacial score (nSPS) is 20.1. The van der Waals surface area contributed by atoms with Gasteiger partial charge in [0.2, 0.25) is 5.91 Å². The summed E-state index contributed by atoms with van der Waals surface area (Å²) in [6.45, 7) is -0.198. The summed E-state index contributed by atoms with van der Waals surface area (Å²) in [4.78, 5) is 27.7. The fraction of sp³-hybridized carbons (Fsp3) is 0.389. The molecule has 1 aliphatic rings. The van der Waals surface area contributed by atoms with Crippen molar-refractivity contribution < 1.29 is 19.0 Å². The largest absolute Gasteiger partial charge is 0.496 e. The third-order valence-electron chi connectivity index (χ3n) is 4.56. The maximum atomic E-state index is 13.8. The standard InChI is InChI=1S/C18H20FN3O4/c1-26-15-4-3-12(19)9-14(15)17(11-7-13(23)8-11)21-16(24)10-22-6-2-5-20-18(22)25/h2-6,9,11,13,17,23H,7-8,10H2,1H3,(H,21,24). The first-order valence-corrected chi connectivity index (χ1v) is 8.30.